The summed E-state index contributed by atoms with van der Waals surface area (Å²) < 4.78 is 27.7. The second kappa shape index (κ2) is 9.16. The van der Waals surface area contributed by atoms with Gasteiger partial charge in [-0.05, 0) is 55.5 Å². The number of hydrogen-bond acceptors (Lipinski definition) is 7. The van der Waals surface area contributed by atoms with E-state index in [1.165, 1.54) is 55.5 Å². The molecule has 1 aliphatic rings. The molecule has 3 rings (SSSR count). The molecule has 0 radical (unpaired) electrons. The van der Waals surface area contributed by atoms with Crippen molar-refractivity contribution in [2.75, 3.05) is 10.3 Å². The second-order valence-corrected chi connectivity index (χ2v) is 8.48. The van der Waals surface area contributed by atoms with Crippen LogP contribution < -0.4 is 20.9 Å². The highest BCUT2D eigenvalue weighted by atomic mass is 32.2. The molecule has 32 heavy (non-hydrogen) atoms. The quantitative estimate of drug-likeness (QED) is 0.533. The third kappa shape index (κ3) is 5.47. The van der Waals surface area contributed by atoms with Gasteiger partial charge in [0.25, 0.3) is 5.91 Å². The number of amides is 3. The van der Waals surface area contributed by atoms with Crippen molar-refractivity contribution in [3.8, 4) is 0 Å². The Hall–Kier alpha value is -3.77. The van der Waals surface area contributed by atoms with Gasteiger partial charge in [0.2, 0.25) is 21.8 Å². The maximum atomic E-state index is 12.3. The van der Waals surface area contributed by atoms with E-state index in [1.807, 2.05) is 0 Å². The molecule has 0 spiro atoms. The molecule has 0 bridgehead atoms. The molecule has 2 aromatic carbocycles. The maximum absolute atomic E-state index is 12.3. The number of nitrogens with two attached hydrogens (primary N) is 1. The number of esters is 1. The number of carbonyl (C=O) groups excluding carboxylic acids is 4. The molecule has 4 N–H and O–H groups in total. The molecule has 11 nitrogen and oxygen atoms in total. The van der Waals surface area contributed by atoms with Gasteiger partial charge in [-0.2, -0.15) is 0 Å². The van der Waals surface area contributed by atoms with E-state index in [1.54, 1.807) is 0 Å². The van der Waals surface area contributed by atoms with Crippen LogP contribution in [0.4, 0.5) is 11.4 Å². The summed E-state index contributed by atoms with van der Waals surface area (Å²) in [5.74, 6) is -1.95. The zero-order valence-corrected chi connectivity index (χ0v) is 17.7. The molecule has 1 heterocycles. The van der Waals surface area contributed by atoms with E-state index in [-0.39, 0.29) is 35.1 Å². The van der Waals surface area contributed by atoms with Crippen LogP contribution in [0.15, 0.2) is 53.4 Å². The summed E-state index contributed by atoms with van der Waals surface area (Å²) in [6.45, 7) is 1.38. The first-order valence-electron chi connectivity index (χ1n) is 9.42. The van der Waals surface area contributed by atoms with Crippen LogP contribution in [0.3, 0.4) is 0 Å². The maximum Gasteiger partial charge on any atom is 0.338 e. The Labute approximate surface area is 183 Å². The largest absolute Gasteiger partial charge is 0.449 e. The Morgan fingerprint density at radius 3 is 2.28 bits per heavy atom. The van der Waals surface area contributed by atoms with Crippen LogP contribution in [-0.4, -0.2) is 38.2 Å². The highest BCUT2D eigenvalue weighted by molar-refractivity contribution is 7.89. The molecule has 0 saturated carbocycles. The fraction of sp³-hybridized carbons (Fsp3) is 0.200. The van der Waals surface area contributed by atoms with Gasteiger partial charge in [-0.1, -0.05) is 0 Å². The highest BCUT2D eigenvalue weighted by Crippen LogP contribution is 2.19. The number of sulfonamides is 1. The average Bonchev–Trinajstić information content (AvgIpc) is 2.75. The van der Waals surface area contributed by atoms with Crippen molar-refractivity contribution in [1.29, 1.82) is 0 Å². The molecule has 1 unspecified atom stereocenters. The lowest BCUT2D eigenvalue weighted by Crippen LogP contribution is -2.50. The Balaban J connectivity index is 1.59. The van der Waals surface area contributed by atoms with Crippen LogP contribution in [0.5, 0.6) is 0 Å². The van der Waals surface area contributed by atoms with Gasteiger partial charge in [-0.3, -0.25) is 19.8 Å². The van der Waals surface area contributed by atoms with Crippen LogP contribution in [0.25, 0.3) is 0 Å². The van der Waals surface area contributed by atoms with Crippen molar-refractivity contribution in [3.63, 3.8) is 0 Å². The summed E-state index contributed by atoms with van der Waals surface area (Å²) in [5.41, 5.74) is 3.27. The summed E-state index contributed by atoms with van der Waals surface area (Å²) in [4.78, 5) is 47.9. The molecule has 12 heteroatoms. The number of anilines is 2. The van der Waals surface area contributed by atoms with Gasteiger partial charge in [0.1, 0.15) is 0 Å². The minimum atomic E-state index is -3.85. The van der Waals surface area contributed by atoms with E-state index in [4.69, 9.17) is 9.88 Å². The second-order valence-electron chi connectivity index (χ2n) is 6.92. The fourth-order valence-electron chi connectivity index (χ4n) is 2.78. The summed E-state index contributed by atoms with van der Waals surface area (Å²) in [7, 11) is -3.85. The first-order valence-corrected chi connectivity index (χ1v) is 11.0. The normalized spacial score (nSPS) is 15.0. The Morgan fingerprint density at radius 1 is 1.06 bits per heavy atom. The monoisotopic (exact) mass is 460 g/mol. The van der Waals surface area contributed by atoms with Crippen molar-refractivity contribution >= 4 is 45.1 Å². The molecule has 0 aliphatic carbocycles. The fourth-order valence-corrected chi connectivity index (χ4v) is 3.30. The zero-order valence-electron chi connectivity index (χ0n) is 16.9. The van der Waals surface area contributed by atoms with Gasteiger partial charge in [0.05, 0.1) is 16.1 Å². The number of carbonyl (C=O) groups is 4. The lowest BCUT2D eigenvalue weighted by Gasteiger charge is -2.27. The van der Waals surface area contributed by atoms with E-state index >= 15 is 0 Å². The summed E-state index contributed by atoms with van der Waals surface area (Å²) in [5, 5.41) is 8.63. The lowest BCUT2D eigenvalue weighted by atomic mass is 10.1. The molecule has 3 amide bonds. The van der Waals surface area contributed by atoms with Gasteiger partial charge in [0, 0.05) is 18.5 Å². The Bertz CT molecular complexity index is 1160. The topological polar surface area (TPSA) is 165 Å². The minimum Gasteiger partial charge on any atom is -0.449 e. The van der Waals surface area contributed by atoms with Gasteiger partial charge < -0.3 is 10.1 Å². The molecule has 2 aromatic rings. The Morgan fingerprint density at radius 2 is 1.69 bits per heavy atom. The third-order valence-electron chi connectivity index (χ3n) is 4.52. The number of hydrogen-bond donors (Lipinski definition) is 3. The van der Waals surface area contributed by atoms with Crippen molar-refractivity contribution in [2.45, 2.75) is 30.8 Å². The van der Waals surface area contributed by atoms with Gasteiger partial charge in [0.15, 0.2) is 6.10 Å². The van der Waals surface area contributed by atoms with Crippen molar-refractivity contribution in [2.24, 2.45) is 5.14 Å². The molecule has 1 atom stereocenters. The number of rotatable bonds is 6. The molecule has 1 saturated heterocycles. The standard InChI is InChI=1S/C20H20N4O7S/c1-12(19(27)22-14-4-8-16(9-5-14)32(21,29)30)31-20(28)13-2-6-15(7-3-13)24-18(26)11-10-17(25)23-24/h2-9,12H,10-11H2,1H3,(H,22,27)(H,23,25)(H2,21,29,30). The van der Waals surface area contributed by atoms with Crippen LogP contribution >= 0.6 is 0 Å². The van der Waals surface area contributed by atoms with Crippen LogP contribution in [-0.2, 0) is 29.1 Å². The minimum absolute atomic E-state index is 0.0903. The first-order chi connectivity index (χ1) is 15.0. The summed E-state index contributed by atoms with van der Waals surface area (Å²) in [6.07, 6.45) is -0.939. The molecule has 1 aliphatic heterocycles. The molecule has 0 aromatic heterocycles. The number of nitrogens with one attached hydrogen (secondary N) is 2. The predicted octanol–water partition coefficient (Wildman–Crippen LogP) is 0.676. The lowest BCUT2D eigenvalue weighted by molar-refractivity contribution is -0.130. The number of primary sulfonamides is 1. The molecule has 1 fully saturated rings. The van der Waals surface area contributed by atoms with Crippen molar-refractivity contribution < 1.29 is 32.3 Å². The average molecular weight is 460 g/mol. The van der Waals surface area contributed by atoms with Crippen LogP contribution in [0, 0.1) is 0 Å². The molecule has 168 valence electrons. The number of hydrazine groups is 1. The number of ether oxygens (including phenoxy) is 1. The smallest absolute Gasteiger partial charge is 0.338 e. The van der Waals surface area contributed by atoms with Gasteiger partial charge in [-0.25, -0.2) is 23.4 Å². The summed E-state index contributed by atoms with van der Waals surface area (Å²) in [6, 6.07) is 10.9. The zero-order chi connectivity index (χ0) is 23.5. The SMILES string of the molecule is CC(OC(=O)c1ccc(N2NC(=O)CCC2=O)cc1)C(=O)Nc1ccc(S(N)(=O)=O)cc1. The van der Waals surface area contributed by atoms with Crippen LogP contribution in [0.1, 0.15) is 30.1 Å². The van der Waals surface area contributed by atoms with Gasteiger partial charge >= 0.3 is 5.97 Å². The number of nitrogens with zero attached hydrogens (tertiary/aromatic N) is 1. The third-order valence-corrected chi connectivity index (χ3v) is 5.45. The molecular formula is C20H20N4O7S. The van der Waals surface area contributed by atoms with Gasteiger partial charge in [-0.15, -0.1) is 0 Å². The van der Waals surface area contributed by atoms with Crippen molar-refractivity contribution in [1.82, 2.24) is 5.43 Å². The van der Waals surface area contributed by atoms with E-state index in [9.17, 15) is 27.6 Å². The molecular weight excluding hydrogens is 440 g/mol. The first kappa shape index (κ1) is 22.9. The predicted molar refractivity (Wildman–Crippen MR) is 113 cm³/mol. The summed E-state index contributed by atoms with van der Waals surface area (Å²) >= 11 is 0. The highest BCUT2D eigenvalue weighted by Gasteiger charge is 2.25. The van der Waals surface area contributed by atoms with E-state index in [2.05, 4.69) is 10.7 Å². The van der Waals surface area contributed by atoms with Crippen LogP contribution in [0.2, 0.25) is 0 Å². The number of benzene rings is 2. The van der Waals surface area contributed by atoms with E-state index in [0.717, 1.165) is 5.01 Å². The Kier molecular flexibility index (Phi) is 6.55. The van der Waals surface area contributed by atoms with Crippen molar-refractivity contribution in [3.05, 3.63) is 54.1 Å². The van der Waals surface area contributed by atoms with E-state index < -0.39 is 28.0 Å². The van der Waals surface area contributed by atoms with E-state index in [0.29, 0.717) is 11.4 Å².